The van der Waals surface area contributed by atoms with Crippen molar-refractivity contribution in [2.45, 2.75) is 0 Å². The fourth-order valence-electron chi connectivity index (χ4n) is 0. The van der Waals surface area contributed by atoms with Crippen LogP contribution in [0.25, 0.3) is 0 Å². The first-order chi connectivity index (χ1) is 3.73. The third-order valence-electron chi connectivity index (χ3n) is 0. The Morgan fingerprint density at radius 2 is 1.10 bits per heavy atom. The Morgan fingerprint density at radius 3 is 1.10 bits per heavy atom. The molecule has 0 bridgehead atoms. The van der Waals surface area contributed by atoms with Gasteiger partial charge in [-0.3, -0.25) is 0 Å². The molecule has 0 saturated heterocycles. The predicted octanol–water partition coefficient (Wildman–Crippen LogP) is -1.16. The van der Waals surface area contributed by atoms with E-state index in [0.29, 0.717) is 0 Å². The van der Waals surface area contributed by atoms with Crippen LogP contribution in [0.4, 0.5) is 0 Å². The van der Waals surface area contributed by atoms with Crippen molar-refractivity contribution in [1.29, 1.82) is 0 Å². The fourth-order valence-corrected chi connectivity index (χ4v) is 0. The molecule has 0 aromatic carbocycles. The molecule has 0 saturated carbocycles. The molecule has 0 amide bonds. The first kappa shape index (κ1) is 17.0. The molecule has 0 rings (SSSR count). The summed E-state index contributed by atoms with van der Waals surface area (Å²) in [6.45, 7) is 0. The summed E-state index contributed by atoms with van der Waals surface area (Å²) in [5.41, 5.74) is 0. The van der Waals surface area contributed by atoms with E-state index in [9.17, 15) is 0 Å². The van der Waals surface area contributed by atoms with Gasteiger partial charge in [0.15, 0.2) is 0 Å². The Morgan fingerprint density at radius 1 is 1.10 bits per heavy atom. The van der Waals surface area contributed by atoms with Crippen molar-refractivity contribution in [2.75, 3.05) is 0 Å². The molecule has 0 aliphatic rings. The maximum atomic E-state index is 8.88. The second-order valence-electron chi connectivity index (χ2n) is 0.730. The predicted molar refractivity (Wildman–Crippen MR) is 25.6 cm³/mol. The minimum atomic E-state index is -4.64. The summed E-state index contributed by atoms with van der Waals surface area (Å²) < 4.78 is 33.0. The van der Waals surface area contributed by atoms with Crippen molar-refractivity contribution in [3.05, 3.63) is 0 Å². The quantitative estimate of drug-likeness (QED) is 0.144. The van der Waals surface area contributed by atoms with Gasteiger partial charge in [0.1, 0.15) is 0 Å². The molecular formula is H4MoO7PS-. The molecule has 0 atom stereocenters. The van der Waals surface area contributed by atoms with E-state index < -0.39 is 18.8 Å². The third-order valence-corrected chi connectivity index (χ3v) is 0. The first-order valence-corrected chi connectivity index (χ1v) is 3.90. The van der Waals surface area contributed by atoms with E-state index in [0.717, 1.165) is 0 Å². The molecule has 4 N–H and O–H groups in total. The van der Waals surface area contributed by atoms with Crippen molar-refractivity contribution >= 4 is 18.8 Å². The van der Waals surface area contributed by atoms with Crippen molar-refractivity contribution in [2.24, 2.45) is 0 Å². The van der Waals surface area contributed by atoms with Crippen LogP contribution in [0.1, 0.15) is 0 Å². The van der Waals surface area contributed by atoms with E-state index in [1.165, 1.54) is 0 Å². The second-order valence-corrected chi connectivity index (χ2v) is 2.19. The number of rotatable bonds is 0. The van der Waals surface area contributed by atoms with Crippen molar-refractivity contribution < 1.29 is 53.3 Å². The van der Waals surface area contributed by atoms with Crippen molar-refractivity contribution in [3.63, 3.8) is 0 Å². The van der Waals surface area contributed by atoms with Crippen LogP contribution in [0.3, 0.4) is 0 Å². The van der Waals surface area contributed by atoms with Crippen molar-refractivity contribution in [1.82, 2.24) is 0 Å². The molecule has 0 aliphatic heterocycles. The van der Waals surface area contributed by atoms with Crippen LogP contribution in [0.5, 0.6) is 0 Å². The molecule has 64 valence electrons. The summed E-state index contributed by atoms with van der Waals surface area (Å²) in [6.07, 6.45) is 0. The molecule has 0 spiro atoms. The van der Waals surface area contributed by atoms with Gasteiger partial charge >= 0.3 is 7.82 Å². The molecule has 0 heterocycles. The van der Waals surface area contributed by atoms with Crippen LogP contribution in [0.2, 0.25) is 0 Å². The summed E-state index contributed by atoms with van der Waals surface area (Å²) in [5, 5.41) is 0. The van der Waals surface area contributed by atoms with E-state index in [-0.39, 0.29) is 21.1 Å². The van der Waals surface area contributed by atoms with Crippen LogP contribution in [-0.2, 0) is 45.0 Å². The van der Waals surface area contributed by atoms with Gasteiger partial charge in [0, 0.05) is 32.1 Å². The average Bonchev–Trinajstić information content (AvgIpc) is 1.19. The zero-order valence-corrected chi connectivity index (χ0v) is 8.00. The molecule has 10 heavy (non-hydrogen) atoms. The molecule has 0 aliphatic carbocycles. The van der Waals surface area contributed by atoms with Gasteiger partial charge in [0.05, 0.1) is 0 Å². The van der Waals surface area contributed by atoms with Gasteiger partial charge in [0.2, 0.25) is 0 Å². The smallest absolute Gasteiger partial charge is 0.439 e. The Balaban J connectivity index is -0.0000000910. The Hall–Kier alpha value is 0.708. The van der Waals surface area contributed by atoms with E-state index >= 15 is 0 Å². The minimum Gasteiger partial charge on any atom is -0.439 e. The zero-order valence-electron chi connectivity index (χ0n) is 4.28. The number of hydrogen-bond acceptors (Lipinski definition) is 4. The maximum absolute atomic E-state index is 8.88. The molecule has 7 nitrogen and oxygen atoms in total. The van der Waals surface area contributed by atoms with Gasteiger partial charge in [-0.05, 0) is 0 Å². The van der Waals surface area contributed by atoms with E-state index in [2.05, 4.69) is 0 Å². The normalized spacial score (nSPS) is 9.30. The number of phosphoric acid groups is 1. The molecule has 0 aromatic heterocycles. The zero-order chi connectivity index (χ0) is 8.08. The molecule has 0 radical (unpaired) electrons. The van der Waals surface area contributed by atoms with Crippen LogP contribution < -0.4 is 0 Å². The molecule has 10 heteroatoms. The van der Waals surface area contributed by atoms with E-state index in [4.69, 9.17) is 32.2 Å². The van der Waals surface area contributed by atoms with E-state index in [1.807, 2.05) is 0 Å². The standard InChI is InChI=1S/Mo.H3O4P.HO3S/c;1-5(2,3)4;1-4(2)3/h;(H3,1,2,3,4);(H,1,2,3)/q;;-1. The van der Waals surface area contributed by atoms with Gasteiger partial charge in [-0.25, -0.2) is 4.57 Å². The van der Waals surface area contributed by atoms with Crippen LogP contribution in [0.15, 0.2) is 0 Å². The maximum Gasteiger partial charge on any atom is 0.466 e. The molecule has 0 unspecified atom stereocenters. The largest absolute Gasteiger partial charge is 0.466 e. The second kappa shape index (κ2) is 7.81. The summed E-state index contributed by atoms with van der Waals surface area (Å²) in [6, 6.07) is 0. The summed E-state index contributed by atoms with van der Waals surface area (Å²) >= 11 is 0. The average molecular weight is 275 g/mol. The minimum absolute atomic E-state index is 0. The molecule has 0 aromatic rings. The van der Waals surface area contributed by atoms with Crippen LogP contribution >= 0.6 is 7.82 Å². The monoisotopic (exact) mass is 277 g/mol. The van der Waals surface area contributed by atoms with Gasteiger partial charge in [-0.1, -0.05) is 0 Å². The topological polar surface area (TPSA) is 132 Å². The Bertz CT molecular complexity index is 148. The summed E-state index contributed by atoms with van der Waals surface area (Å²) in [7, 11) is -7.50. The Labute approximate surface area is 72.4 Å². The van der Waals surface area contributed by atoms with Crippen LogP contribution in [-0.4, -0.2) is 19.2 Å². The van der Waals surface area contributed by atoms with Gasteiger partial charge in [-0.15, -0.1) is 0 Å². The number of hydrogen-bond donors (Lipinski definition) is 4. The molecular weight excluding hydrogens is 271 g/mol. The van der Waals surface area contributed by atoms with Gasteiger partial charge in [0.25, 0.3) is 0 Å². The van der Waals surface area contributed by atoms with Gasteiger partial charge in [-0.2, -0.15) is 0 Å². The SMILES string of the molecule is O=P(O)(O)O.O=[S-](=O)O.[Mo]. The third kappa shape index (κ3) is 1030. The summed E-state index contributed by atoms with van der Waals surface area (Å²) in [5.74, 6) is 0. The van der Waals surface area contributed by atoms with Crippen molar-refractivity contribution in [3.8, 4) is 0 Å². The first-order valence-electron chi connectivity index (χ1n) is 1.30. The van der Waals surface area contributed by atoms with Crippen LogP contribution in [0, 0.1) is 0 Å². The van der Waals surface area contributed by atoms with E-state index in [1.54, 1.807) is 0 Å². The Kier molecular flexibility index (Phi) is 13.3. The fraction of sp³-hybridized carbons (Fsp3) is 0. The molecule has 0 fully saturated rings. The summed E-state index contributed by atoms with van der Waals surface area (Å²) in [4.78, 5) is 21.6. The van der Waals surface area contributed by atoms with Gasteiger partial charge < -0.3 is 27.7 Å².